The molecular formula is C25H27Cl2N3O2. The summed E-state index contributed by atoms with van der Waals surface area (Å²) in [6.07, 6.45) is 7.36. The standard InChI is InChI=1S/C25H27Cl2N3O2/c1-15-11-19(24(30-15)18-5-3-4-6-22(18)32-2)25(31)29-12-16-7-9-17(10-8-16)23-20(26)13-28-14-21(23)27/h3-6,11,13-14,16-17,30H,7-10,12H2,1-2H3,(H,29,31). The molecule has 3 aromatic rings. The van der Waals surface area contributed by atoms with Gasteiger partial charge in [0, 0.05) is 30.2 Å². The maximum absolute atomic E-state index is 13.1. The molecule has 1 aliphatic rings. The Morgan fingerprint density at radius 2 is 1.84 bits per heavy atom. The Morgan fingerprint density at radius 3 is 2.53 bits per heavy atom. The van der Waals surface area contributed by atoms with E-state index in [0.29, 0.717) is 34.0 Å². The molecule has 1 aromatic carbocycles. The normalized spacial score (nSPS) is 18.4. The lowest BCUT2D eigenvalue weighted by Gasteiger charge is -2.29. The summed E-state index contributed by atoms with van der Waals surface area (Å²) in [6.45, 7) is 2.60. The highest BCUT2D eigenvalue weighted by Gasteiger charge is 2.26. The van der Waals surface area contributed by atoms with E-state index in [4.69, 9.17) is 27.9 Å². The summed E-state index contributed by atoms with van der Waals surface area (Å²) in [4.78, 5) is 20.4. The van der Waals surface area contributed by atoms with Crippen molar-refractivity contribution in [3.8, 4) is 17.0 Å². The number of H-pyrrole nitrogens is 1. The topological polar surface area (TPSA) is 67.0 Å². The monoisotopic (exact) mass is 471 g/mol. The Labute approximate surface area is 198 Å². The summed E-state index contributed by atoms with van der Waals surface area (Å²) < 4.78 is 5.49. The molecule has 0 atom stereocenters. The predicted octanol–water partition coefficient (Wildman–Crippen LogP) is 6.40. The fourth-order valence-corrected chi connectivity index (χ4v) is 5.30. The molecule has 0 spiro atoms. The van der Waals surface area contributed by atoms with Gasteiger partial charge in [-0.2, -0.15) is 0 Å². The summed E-state index contributed by atoms with van der Waals surface area (Å²) in [6, 6.07) is 9.60. The van der Waals surface area contributed by atoms with E-state index in [0.717, 1.165) is 53.9 Å². The van der Waals surface area contributed by atoms with Gasteiger partial charge in [0.2, 0.25) is 0 Å². The van der Waals surface area contributed by atoms with E-state index < -0.39 is 0 Å². The van der Waals surface area contributed by atoms with Crippen LogP contribution < -0.4 is 10.1 Å². The summed E-state index contributed by atoms with van der Waals surface area (Å²) in [5.41, 5.74) is 4.23. The Bertz CT molecular complexity index is 1080. The third kappa shape index (κ3) is 4.79. The van der Waals surface area contributed by atoms with Gasteiger partial charge in [0.1, 0.15) is 5.75 Å². The average Bonchev–Trinajstić information content (AvgIpc) is 3.19. The first-order valence-corrected chi connectivity index (χ1v) is 11.6. The minimum Gasteiger partial charge on any atom is -0.496 e. The number of rotatable bonds is 6. The molecule has 168 valence electrons. The van der Waals surface area contributed by atoms with Crippen LogP contribution in [0.4, 0.5) is 0 Å². The Hall–Kier alpha value is -2.50. The number of para-hydroxylation sites is 1. The fraction of sp³-hybridized carbons (Fsp3) is 0.360. The molecule has 4 rings (SSSR count). The lowest BCUT2D eigenvalue weighted by Crippen LogP contribution is -2.31. The Morgan fingerprint density at radius 1 is 1.16 bits per heavy atom. The van der Waals surface area contributed by atoms with Crippen molar-refractivity contribution in [1.82, 2.24) is 15.3 Å². The number of amides is 1. The molecule has 2 N–H and O–H groups in total. The van der Waals surface area contributed by atoms with Gasteiger partial charge in [0.05, 0.1) is 28.4 Å². The number of nitrogens with zero attached hydrogens (tertiary/aromatic N) is 1. The summed E-state index contributed by atoms with van der Waals surface area (Å²) in [5, 5.41) is 4.42. The quantitative estimate of drug-likeness (QED) is 0.436. The number of aromatic amines is 1. The van der Waals surface area contributed by atoms with Crippen LogP contribution in [0.2, 0.25) is 10.0 Å². The number of aryl methyl sites for hydroxylation is 1. The van der Waals surface area contributed by atoms with E-state index in [1.54, 1.807) is 19.5 Å². The van der Waals surface area contributed by atoms with Gasteiger partial charge in [-0.3, -0.25) is 9.78 Å². The van der Waals surface area contributed by atoms with Gasteiger partial charge in [0.25, 0.3) is 5.91 Å². The lowest BCUT2D eigenvalue weighted by atomic mass is 9.79. The number of ether oxygens (including phenoxy) is 1. The minimum atomic E-state index is -0.0717. The van der Waals surface area contributed by atoms with Gasteiger partial charge in [-0.25, -0.2) is 0 Å². The van der Waals surface area contributed by atoms with Crippen molar-refractivity contribution >= 4 is 29.1 Å². The second-order valence-electron chi connectivity index (χ2n) is 8.39. The first-order chi connectivity index (χ1) is 15.5. The molecular weight excluding hydrogens is 445 g/mol. The fourth-order valence-electron chi connectivity index (χ4n) is 4.63. The first-order valence-electron chi connectivity index (χ1n) is 10.9. The molecule has 0 bridgehead atoms. The number of carbonyl (C=O) groups is 1. The Kier molecular flexibility index (Phi) is 7.07. The van der Waals surface area contributed by atoms with Gasteiger partial charge >= 0.3 is 0 Å². The molecule has 32 heavy (non-hydrogen) atoms. The molecule has 0 unspecified atom stereocenters. The molecule has 0 radical (unpaired) electrons. The van der Waals surface area contributed by atoms with Crippen LogP contribution in [0.3, 0.4) is 0 Å². The Balaban J connectivity index is 1.39. The zero-order chi connectivity index (χ0) is 22.7. The number of halogens is 2. The van der Waals surface area contributed by atoms with Gasteiger partial charge in [-0.05, 0) is 68.2 Å². The van der Waals surface area contributed by atoms with E-state index >= 15 is 0 Å². The van der Waals surface area contributed by atoms with Crippen LogP contribution >= 0.6 is 23.2 Å². The number of pyridine rings is 1. The number of nitrogens with one attached hydrogen (secondary N) is 2. The minimum absolute atomic E-state index is 0.0717. The van der Waals surface area contributed by atoms with Crippen LogP contribution in [0.5, 0.6) is 5.75 Å². The number of hydrogen-bond acceptors (Lipinski definition) is 3. The number of hydrogen-bond donors (Lipinski definition) is 2. The summed E-state index contributed by atoms with van der Waals surface area (Å²) in [7, 11) is 1.64. The highest BCUT2D eigenvalue weighted by atomic mass is 35.5. The van der Waals surface area contributed by atoms with Crippen molar-refractivity contribution < 1.29 is 9.53 Å². The van der Waals surface area contributed by atoms with Crippen molar-refractivity contribution in [2.24, 2.45) is 5.92 Å². The summed E-state index contributed by atoms with van der Waals surface area (Å²) in [5.74, 6) is 1.44. The van der Waals surface area contributed by atoms with Crippen molar-refractivity contribution in [2.45, 2.75) is 38.5 Å². The second-order valence-corrected chi connectivity index (χ2v) is 9.20. The average molecular weight is 472 g/mol. The van der Waals surface area contributed by atoms with Crippen molar-refractivity contribution in [2.75, 3.05) is 13.7 Å². The van der Waals surface area contributed by atoms with E-state index in [2.05, 4.69) is 15.3 Å². The van der Waals surface area contributed by atoms with Crippen molar-refractivity contribution in [3.63, 3.8) is 0 Å². The first kappa shape index (κ1) is 22.7. The summed E-state index contributed by atoms with van der Waals surface area (Å²) >= 11 is 12.7. The zero-order valence-electron chi connectivity index (χ0n) is 18.3. The highest BCUT2D eigenvalue weighted by Crippen LogP contribution is 2.41. The molecule has 2 aromatic heterocycles. The molecule has 0 saturated heterocycles. The third-order valence-electron chi connectivity index (χ3n) is 6.27. The molecule has 7 heteroatoms. The number of methoxy groups -OCH3 is 1. The molecule has 1 fully saturated rings. The van der Waals surface area contributed by atoms with Crippen LogP contribution in [0, 0.1) is 12.8 Å². The molecule has 2 heterocycles. The predicted molar refractivity (Wildman–Crippen MR) is 129 cm³/mol. The maximum atomic E-state index is 13.1. The van der Waals surface area contributed by atoms with Crippen molar-refractivity contribution in [3.05, 3.63) is 69.6 Å². The van der Waals surface area contributed by atoms with Gasteiger partial charge in [-0.1, -0.05) is 35.3 Å². The van der Waals surface area contributed by atoms with Crippen LogP contribution in [-0.4, -0.2) is 29.5 Å². The van der Waals surface area contributed by atoms with Crippen LogP contribution in [0.1, 0.15) is 53.2 Å². The largest absolute Gasteiger partial charge is 0.496 e. The maximum Gasteiger partial charge on any atom is 0.253 e. The zero-order valence-corrected chi connectivity index (χ0v) is 19.8. The lowest BCUT2D eigenvalue weighted by molar-refractivity contribution is 0.0943. The smallest absolute Gasteiger partial charge is 0.253 e. The molecule has 1 saturated carbocycles. The van der Waals surface area contributed by atoms with Gasteiger partial charge in [-0.15, -0.1) is 0 Å². The van der Waals surface area contributed by atoms with Crippen molar-refractivity contribution in [1.29, 1.82) is 0 Å². The molecule has 1 aliphatic carbocycles. The SMILES string of the molecule is COc1ccccc1-c1[nH]c(C)cc1C(=O)NCC1CCC(c2c(Cl)cncc2Cl)CC1. The number of benzene rings is 1. The van der Waals surface area contributed by atoms with E-state index in [1.165, 1.54) is 0 Å². The van der Waals surface area contributed by atoms with E-state index in [-0.39, 0.29) is 5.91 Å². The van der Waals surface area contributed by atoms with Crippen LogP contribution in [0.25, 0.3) is 11.3 Å². The van der Waals surface area contributed by atoms with E-state index in [1.807, 2.05) is 37.3 Å². The number of carbonyl (C=O) groups excluding carboxylic acids is 1. The third-order valence-corrected chi connectivity index (χ3v) is 6.87. The van der Waals surface area contributed by atoms with Gasteiger partial charge in [0.15, 0.2) is 0 Å². The number of aromatic nitrogens is 2. The molecule has 5 nitrogen and oxygen atoms in total. The highest BCUT2D eigenvalue weighted by molar-refractivity contribution is 6.35. The molecule has 0 aliphatic heterocycles. The molecule has 1 amide bonds. The van der Waals surface area contributed by atoms with E-state index in [9.17, 15) is 4.79 Å². The van der Waals surface area contributed by atoms with Crippen LogP contribution in [0.15, 0.2) is 42.7 Å². The van der Waals surface area contributed by atoms with Crippen LogP contribution in [-0.2, 0) is 0 Å². The van der Waals surface area contributed by atoms with Gasteiger partial charge < -0.3 is 15.0 Å². The second kappa shape index (κ2) is 9.97.